The van der Waals surface area contributed by atoms with E-state index in [1.54, 1.807) is 6.21 Å². The normalized spacial score (nSPS) is 11.6. The van der Waals surface area contributed by atoms with Gasteiger partial charge in [-0.25, -0.2) is 5.43 Å². The Hall–Kier alpha value is -2.62. The van der Waals surface area contributed by atoms with Crippen LogP contribution in [-0.2, 0) is 5.41 Å². The smallest absolute Gasteiger partial charge is 0.271 e. The highest BCUT2D eigenvalue weighted by atomic mass is 16.2. The minimum atomic E-state index is -0.207. The average Bonchev–Trinajstić information content (AvgIpc) is 2.63. The van der Waals surface area contributed by atoms with E-state index in [1.165, 1.54) is 11.3 Å². The molecular weight excluding hydrogens is 322 g/mol. The zero-order valence-electron chi connectivity index (χ0n) is 16.4. The molecule has 26 heavy (non-hydrogen) atoms. The molecule has 1 N–H and O–H groups in total. The van der Waals surface area contributed by atoms with Crippen molar-refractivity contribution < 1.29 is 4.79 Å². The number of rotatable bonds is 6. The van der Waals surface area contributed by atoms with E-state index in [2.05, 4.69) is 62.2 Å². The summed E-state index contributed by atoms with van der Waals surface area (Å²) in [6.45, 7) is 12.7. The fourth-order valence-corrected chi connectivity index (χ4v) is 2.71. The van der Waals surface area contributed by atoms with Crippen LogP contribution in [0.25, 0.3) is 0 Å². The molecule has 0 bridgehead atoms. The largest absolute Gasteiger partial charge is 0.372 e. The molecule has 0 aliphatic carbocycles. The number of nitrogens with zero attached hydrogens (tertiary/aromatic N) is 2. The van der Waals surface area contributed by atoms with Crippen molar-refractivity contribution in [3.05, 3.63) is 65.2 Å². The molecular formula is C22H29N3O. The van der Waals surface area contributed by atoms with E-state index in [1.807, 2.05) is 36.4 Å². The van der Waals surface area contributed by atoms with Crippen LogP contribution in [0.4, 0.5) is 5.69 Å². The Balaban J connectivity index is 1.96. The van der Waals surface area contributed by atoms with Crippen molar-refractivity contribution >= 4 is 17.8 Å². The summed E-state index contributed by atoms with van der Waals surface area (Å²) in [5.74, 6) is -0.207. The molecule has 0 spiro atoms. The molecule has 0 fully saturated rings. The topological polar surface area (TPSA) is 44.7 Å². The number of nitrogens with one attached hydrogen (secondary N) is 1. The van der Waals surface area contributed by atoms with Crippen molar-refractivity contribution in [3.8, 4) is 0 Å². The summed E-state index contributed by atoms with van der Waals surface area (Å²) in [6, 6.07) is 15.8. The Morgan fingerprint density at radius 1 is 1.00 bits per heavy atom. The van der Waals surface area contributed by atoms with Gasteiger partial charge in [-0.05, 0) is 54.7 Å². The fourth-order valence-electron chi connectivity index (χ4n) is 2.71. The molecule has 0 aliphatic heterocycles. The minimum Gasteiger partial charge on any atom is -0.372 e. The predicted molar refractivity (Wildman–Crippen MR) is 110 cm³/mol. The maximum absolute atomic E-state index is 12.2. The highest BCUT2D eigenvalue weighted by Gasteiger charge is 2.14. The van der Waals surface area contributed by atoms with Gasteiger partial charge in [0.2, 0.25) is 0 Å². The lowest BCUT2D eigenvalue weighted by atomic mass is 9.87. The first-order chi connectivity index (χ1) is 12.3. The molecule has 0 radical (unpaired) electrons. The van der Waals surface area contributed by atoms with Gasteiger partial charge >= 0.3 is 0 Å². The molecule has 2 rings (SSSR count). The lowest BCUT2D eigenvalue weighted by Gasteiger charge is -2.20. The van der Waals surface area contributed by atoms with Crippen molar-refractivity contribution in [1.82, 2.24) is 5.43 Å². The first-order valence-corrected chi connectivity index (χ1v) is 9.14. The molecule has 0 unspecified atom stereocenters. The van der Waals surface area contributed by atoms with Gasteiger partial charge in [-0.1, -0.05) is 45.0 Å². The Labute approximate surface area is 156 Å². The molecule has 4 nitrogen and oxygen atoms in total. The zero-order chi connectivity index (χ0) is 19.2. The summed E-state index contributed by atoms with van der Waals surface area (Å²) in [5.41, 5.74) is 6.60. The van der Waals surface area contributed by atoms with Crippen LogP contribution in [0.5, 0.6) is 0 Å². The molecule has 0 heterocycles. The highest BCUT2D eigenvalue weighted by Crippen LogP contribution is 2.22. The minimum absolute atomic E-state index is 0.0739. The van der Waals surface area contributed by atoms with Gasteiger partial charge in [0, 0.05) is 24.3 Å². The third-order valence-corrected chi connectivity index (χ3v) is 4.41. The van der Waals surface area contributed by atoms with Gasteiger partial charge in [0.1, 0.15) is 0 Å². The molecule has 138 valence electrons. The van der Waals surface area contributed by atoms with Crippen molar-refractivity contribution in [3.63, 3.8) is 0 Å². The van der Waals surface area contributed by atoms with Gasteiger partial charge < -0.3 is 4.90 Å². The van der Waals surface area contributed by atoms with E-state index in [0.29, 0.717) is 5.56 Å². The van der Waals surface area contributed by atoms with Crippen LogP contribution in [-0.4, -0.2) is 25.2 Å². The van der Waals surface area contributed by atoms with Crippen molar-refractivity contribution in [2.24, 2.45) is 5.10 Å². The van der Waals surface area contributed by atoms with Gasteiger partial charge in [0.15, 0.2) is 0 Å². The molecule has 0 saturated heterocycles. The summed E-state index contributed by atoms with van der Waals surface area (Å²) in [7, 11) is 0. The Morgan fingerprint density at radius 2 is 1.58 bits per heavy atom. The summed E-state index contributed by atoms with van der Waals surface area (Å²) in [5, 5.41) is 4.07. The second-order valence-electron chi connectivity index (χ2n) is 7.29. The number of hydrogen-bond donors (Lipinski definition) is 1. The predicted octanol–water partition coefficient (Wildman–Crippen LogP) is 4.59. The van der Waals surface area contributed by atoms with Gasteiger partial charge in [-0.15, -0.1) is 0 Å². The van der Waals surface area contributed by atoms with E-state index in [9.17, 15) is 4.79 Å². The second kappa shape index (κ2) is 8.65. The Kier molecular flexibility index (Phi) is 6.56. The summed E-state index contributed by atoms with van der Waals surface area (Å²) < 4.78 is 0. The van der Waals surface area contributed by atoms with Crippen molar-refractivity contribution in [2.75, 3.05) is 18.0 Å². The fraction of sp³-hybridized carbons (Fsp3) is 0.364. The van der Waals surface area contributed by atoms with Gasteiger partial charge in [-0.3, -0.25) is 4.79 Å². The van der Waals surface area contributed by atoms with Gasteiger partial charge in [0.05, 0.1) is 6.21 Å². The van der Waals surface area contributed by atoms with Crippen LogP contribution < -0.4 is 10.3 Å². The standard InChI is InChI=1S/C22H29N3O/c1-6-25(7-2)20-14-8-17(9-15-20)16-23-24-21(26)18-10-12-19(13-11-18)22(3,4)5/h8-16H,6-7H2,1-5H3,(H,24,26). The molecule has 1 amide bonds. The van der Waals surface area contributed by atoms with E-state index in [4.69, 9.17) is 0 Å². The van der Waals surface area contributed by atoms with Crippen LogP contribution >= 0.6 is 0 Å². The lowest BCUT2D eigenvalue weighted by molar-refractivity contribution is 0.0955. The molecule has 0 aliphatic rings. The average molecular weight is 351 g/mol. The van der Waals surface area contributed by atoms with Crippen LogP contribution in [0.15, 0.2) is 53.6 Å². The third-order valence-electron chi connectivity index (χ3n) is 4.41. The Morgan fingerprint density at radius 3 is 2.08 bits per heavy atom. The second-order valence-corrected chi connectivity index (χ2v) is 7.29. The number of hydrazone groups is 1. The number of carbonyl (C=O) groups is 1. The van der Waals surface area contributed by atoms with Crippen molar-refractivity contribution in [1.29, 1.82) is 0 Å². The van der Waals surface area contributed by atoms with Gasteiger partial charge in [0.25, 0.3) is 5.91 Å². The van der Waals surface area contributed by atoms with E-state index in [0.717, 1.165) is 18.7 Å². The zero-order valence-corrected chi connectivity index (χ0v) is 16.4. The SMILES string of the molecule is CCN(CC)c1ccc(C=NNC(=O)c2ccc(C(C)(C)C)cc2)cc1. The monoisotopic (exact) mass is 351 g/mol. The lowest BCUT2D eigenvalue weighted by Crippen LogP contribution is -2.21. The van der Waals surface area contributed by atoms with E-state index >= 15 is 0 Å². The molecule has 2 aromatic rings. The van der Waals surface area contributed by atoms with Crippen LogP contribution in [0.3, 0.4) is 0 Å². The summed E-state index contributed by atoms with van der Waals surface area (Å²) in [6.07, 6.45) is 1.66. The van der Waals surface area contributed by atoms with E-state index < -0.39 is 0 Å². The van der Waals surface area contributed by atoms with Crippen LogP contribution in [0, 0.1) is 0 Å². The van der Waals surface area contributed by atoms with Gasteiger partial charge in [-0.2, -0.15) is 5.10 Å². The number of anilines is 1. The van der Waals surface area contributed by atoms with Crippen LogP contribution in [0.1, 0.15) is 56.1 Å². The number of hydrogen-bond acceptors (Lipinski definition) is 3. The quantitative estimate of drug-likeness (QED) is 0.611. The van der Waals surface area contributed by atoms with Crippen molar-refractivity contribution in [2.45, 2.75) is 40.0 Å². The number of benzene rings is 2. The molecule has 0 atom stereocenters. The summed E-state index contributed by atoms with van der Waals surface area (Å²) in [4.78, 5) is 14.5. The van der Waals surface area contributed by atoms with E-state index in [-0.39, 0.29) is 11.3 Å². The number of amides is 1. The molecule has 2 aromatic carbocycles. The first kappa shape index (κ1) is 19.7. The Bertz CT molecular complexity index is 736. The maximum Gasteiger partial charge on any atom is 0.271 e. The third kappa shape index (κ3) is 5.19. The highest BCUT2D eigenvalue weighted by molar-refractivity contribution is 5.94. The van der Waals surface area contributed by atoms with Crippen LogP contribution in [0.2, 0.25) is 0 Å². The molecule has 0 aromatic heterocycles. The maximum atomic E-state index is 12.2. The first-order valence-electron chi connectivity index (χ1n) is 9.14. The summed E-state index contributed by atoms with van der Waals surface area (Å²) >= 11 is 0. The molecule has 4 heteroatoms. The molecule has 0 saturated carbocycles. The number of carbonyl (C=O) groups excluding carboxylic acids is 1.